The molecule has 0 saturated heterocycles. The Morgan fingerprint density at radius 1 is 1.71 bits per heavy atom. The van der Waals surface area contributed by atoms with Gasteiger partial charge < -0.3 is 4.90 Å². The van der Waals surface area contributed by atoms with Gasteiger partial charge in [-0.15, -0.1) is 0 Å². The zero-order valence-electron chi connectivity index (χ0n) is 4.77. The third kappa shape index (κ3) is 5.63. The summed E-state index contributed by atoms with van der Waals surface area (Å²) >= 11 is 0. The Labute approximate surface area is 44.1 Å². The Balaban J connectivity index is 3.13. The molecule has 41 valence electrons. The van der Waals surface area contributed by atoms with Gasteiger partial charge in [-0.1, -0.05) is 0 Å². The lowest BCUT2D eigenvalue weighted by Gasteiger charge is -2.03. The number of carbonyl (C=O) groups excluding carboxylic acids is 1. The van der Waals surface area contributed by atoms with Gasteiger partial charge in [-0.05, 0) is 14.1 Å². The van der Waals surface area contributed by atoms with E-state index >= 15 is 0 Å². The van der Waals surface area contributed by atoms with Gasteiger partial charge in [0.15, 0.2) is 0 Å². The standard InChI is InChI=1S/C5H10NO/c1-5(7)4-6(2)3/h1,4H2,2-3H3. The minimum absolute atomic E-state index is 0.0370. The molecule has 0 N–H and O–H groups in total. The van der Waals surface area contributed by atoms with Crippen molar-refractivity contribution in [2.45, 2.75) is 0 Å². The van der Waals surface area contributed by atoms with E-state index in [0.717, 1.165) is 0 Å². The lowest BCUT2D eigenvalue weighted by atomic mass is 10.4. The van der Waals surface area contributed by atoms with Crippen LogP contribution in [0.5, 0.6) is 0 Å². The van der Waals surface area contributed by atoms with Crippen molar-refractivity contribution in [1.82, 2.24) is 4.90 Å². The summed E-state index contributed by atoms with van der Waals surface area (Å²) in [5.41, 5.74) is 0. The number of likely N-dealkylation sites (N-methyl/N-ethyl adjacent to an activating group) is 1. The lowest BCUT2D eigenvalue weighted by molar-refractivity contribution is -0.115. The van der Waals surface area contributed by atoms with E-state index in [1.165, 1.54) is 0 Å². The number of ketones is 1. The van der Waals surface area contributed by atoms with Crippen LogP contribution >= 0.6 is 0 Å². The van der Waals surface area contributed by atoms with Gasteiger partial charge >= 0.3 is 0 Å². The molecule has 0 saturated carbocycles. The van der Waals surface area contributed by atoms with Crippen LogP contribution in [0.25, 0.3) is 0 Å². The van der Waals surface area contributed by atoms with Crippen molar-refractivity contribution in [1.29, 1.82) is 0 Å². The Kier molecular flexibility index (Phi) is 2.60. The van der Waals surface area contributed by atoms with Crippen LogP contribution in [-0.4, -0.2) is 31.3 Å². The average molecular weight is 100 g/mol. The van der Waals surface area contributed by atoms with Gasteiger partial charge in [0.25, 0.3) is 0 Å². The fourth-order valence-corrected chi connectivity index (χ4v) is 0.353. The van der Waals surface area contributed by atoms with E-state index in [1.807, 2.05) is 14.1 Å². The average Bonchev–Trinajstić information content (AvgIpc) is 1.27. The van der Waals surface area contributed by atoms with E-state index in [-0.39, 0.29) is 5.78 Å². The van der Waals surface area contributed by atoms with Crippen molar-refractivity contribution in [2.75, 3.05) is 20.6 Å². The van der Waals surface area contributed by atoms with E-state index in [1.54, 1.807) is 4.90 Å². The predicted molar refractivity (Wildman–Crippen MR) is 28.9 cm³/mol. The maximum Gasteiger partial charge on any atom is 0.147 e. The summed E-state index contributed by atoms with van der Waals surface area (Å²) in [5.74, 6) is -0.0370. The molecule has 0 amide bonds. The molecule has 0 heterocycles. The molecule has 0 bridgehead atoms. The minimum atomic E-state index is -0.0370. The summed E-state index contributed by atoms with van der Waals surface area (Å²) in [4.78, 5) is 11.9. The summed E-state index contributed by atoms with van der Waals surface area (Å²) in [6.07, 6.45) is 0. The number of hydrogen-bond acceptors (Lipinski definition) is 2. The molecule has 0 aromatic rings. The Morgan fingerprint density at radius 2 is 2.14 bits per heavy atom. The van der Waals surface area contributed by atoms with Crippen molar-refractivity contribution in [3.05, 3.63) is 6.92 Å². The van der Waals surface area contributed by atoms with Gasteiger partial charge in [0.2, 0.25) is 0 Å². The summed E-state index contributed by atoms with van der Waals surface area (Å²) in [5, 5.41) is 0. The Morgan fingerprint density at radius 3 is 2.14 bits per heavy atom. The summed E-state index contributed by atoms with van der Waals surface area (Å²) in [6, 6.07) is 0. The topological polar surface area (TPSA) is 20.3 Å². The summed E-state index contributed by atoms with van der Waals surface area (Å²) in [6.45, 7) is 3.64. The molecule has 2 nitrogen and oxygen atoms in total. The fourth-order valence-electron chi connectivity index (χ4n) is 0.353. The van der Waals surface area contributed by atoms with Crippen molar-refractivity contribution in [3.63, 3.8) is 0 Å². The van der Waals surface area contributed by atoms with Gasteiger partial charge in [0.05, 0.1) is 6.54 Å². The van der Waals surface area contributed by atoms with Crippen LogP contribution < -0.4 is 0 Å². The fraction of sp³-hybridized carbons (Fsp3) is 0.600. The van der Waals surface area contributed by atoms with Gasteiger partial charge in [-0.2, -0.15) is 0 Å². The van der Waals surface area contributed by atoms with Crippen molar-refractivity contribution in [3.8, 4) is 0 Å². The minimum Gasteiger partial charge on any atom is -0.302 e. The molecule has 0 aromatic carbocycles. The van der Waals surface area contributed by atoms with Crippen LogP contribution in [0, 0.1) is 6.92 Å². The van der Waals surface area contributed by atoms with E-state index in [2.05, 4.69) is 6.92 Å². The SMILES string of the molecule is [CH2]C(=O)CN(C)C. The quantitative estimate of drug-likeness (QED) is 0.485. The second kappa shape index (κ2) is 2.75. The van der Waals surface area contributed by atoms with Gasteiger partial charge in [0.1, 0.15) is 5.78 Å². The smallest absolute Gasteiger partial charge is 0.147 e. The third-order valence-corrected chi connectivity index (χ3v) is 0.493. The van der Waals surface area contributed by atoms with Crippen LogP contribution in [-0.2, 0) is 4.79 Å². The molecule has 0 aliphatic carbocycles. The molecule has 0 aliphatic rings. The van der Waals surface area contributed by atoms with Crippen molar-refractivity contribution >= 4 is 5.78 Å². The molecule has 1 radical (unpaired) electrons. The first-order valence-electron chi connectivity index (χ1n) is 2.12. The van der Waals surface area contributed by atoms with Crippen molar-refractivity contribution < 1.29 is 4.79 Å². The van der Waals surface area contributed by atoms with Gasteiger partial charge in [-0.3, -0.25) is 4.79 Å². The number of Topliss-reactive ketones (excluding diaryl/α,β-unsaturated/α-hetero) is 1. The largest absolute Gasteiger partial charge is 0.302 e. The number of hydrogen-bond donors (Lipinski definition) is 0. The maximum absolute atomic E-state index is 10.1. The van der Waals surface area contributed by atoms with Crippen molar-refractivity contribution in [2.24, 2.45) is 0 Å². The lowest BCUT2D eigenvalue weighted by Crippen LogP contribution is -2.19. The van der Waals surface area contributed by atoms with Gasteiger partial charge in [0, 0.05) is 6.92 Å². The molecule has 0 aromatic heterocycles. The normalized spacial score (nSPS) is 9.71. The zero-order valence-corrected chi connectivity index (χ0v) is 4.77. The van der Waals surface area contributed by atoms with Gasteiger partial charge in [-0.25, -0.2) is 0 Å². The molecule has 0 atom stereocenters. The summed E-state index contributed by atoms with van der Waals surface area (Å²) in [7, 11) is 3.67. The zero-order chi connectivity index (χ0) is 5.86. The molecular formula is C5H10NO. The first-order chi connectivity index (χ1) is 3.13. The van der Waals surface area contributed by atoms with Crippen LogP contribution in [0.3, 0.4) is 0 Å². The number of carbonyl (C=O) groups is 1. The molecule has 2 heteroatoms. The predicted octanol–water partition coefficient (Wildman–Crippen LogP) is -0.0488. The molecule has 0 spiro atoms. The van der Waals surface area contributed by atoms with E-state index < -0.39 is 0 Å². The Hall–Kier alpha value is -0.370. The number of rotatable bonds is 2. The van der Waals surface area contributed by atoms with Crippen LogP contribution in [0.1, 0.15) is 0 Å². The highest BCUT2D eigenvalue weighted by atomic mass is 16.1. The maximum atomic E-state index is 10.1. The molecule has 0 aliphatic heterocycles. The second-order valence-electron chi connectivity index (χ2n) is 1.78. The molecule has 0 unspecified atom stereocenters. The van der Waals surface area contributed by atoms with E-state index in [0.29, 0.717) is 6.54 Å². The highest BCUT2D eigenvalue weighted by molar-refractivity contribution is 5.84. The molecule has 0 rings (SSSR count). The van der Waals surface area contributed by atoms with Crippen LogP contribution in [0.4, 0.5) is 0 Å². The highest BCUT2D eigenvalue weighted by Gasteiger charge is 1.91. The highest BCUT2D eigenvalue weighted by Crippen LogP contribution is 1.72. The first-order valence-corrected chi connectivity index (χ1v) is 2.12. The molecular weight excluding hydrogens is 90.1 g/mol. The van der Waals surface area contributed by atoms with Crippen LogP contribution in [0.15, 0.2) is 0 Å². The second-order valence-corrected chi connectivity index (χ2v) is 1.78. The van der Waals surface area contributed by atoms with E-state index in [4.69, 9.17) is 0 Å². The molecule has 7 heavy (non-hydrogen) atoms. The monoisotopic (exact) mass is 100 g/mol. The first kappa shape index (κ1) is 6.63. The molecule has 0 fully saturated rings. The number of nitrogens with zero attached hydrogens (tertiary/aromatic N) is 1. The van der Waals surface area contributed by atoms with E-state index in [9.17, 15) is 4.79 Å². The Bertz CT molecular complexity index is 68.5. The summed E-state index contributed by atoms with van der Waals surface area (Å²) < 4.78 is 0. The van der Waals surface area contributed by atoms with Crippen LogP contribution in [0.2, 0.25) is 0 Å². The third-order valence-electron chi connectivity index (χ3n) is 0.493.